The average molecular weight is 1010 g/mol. The van der Waals surface area contributed by atoms with Crippen molar-refractivity contribution < 1.29 is 70.0 Å². The Bertz CT molecular complexity index is 2410. The minimum Gasteiger partial charge on any atom is -0.350 e. The monoisotopic (exact) mass is 1010 g/mol. The molecule has 0 atom stereocenters. The summed E-state index contributed by atoms with van der Waals surface area (Å²) in [6, 6.07) is 6.51. The summed E-state index contributed by atoms with van der Waals surface area (Å²) in [4.78, 5) is 62.7. The molecular formula is C54H70F2N4O12. The van der Waals surface area contributed by atoms with Crippen LogP contribution in [0.3, 0.4) is 0 Å². The summed E-state index contributed by atoms with van der Waals surface area (Å²) < 4.78 is 92.0. The summed E-state index contributed by atoms with van der Waals surface area (Å²) in [5.74, 6) is -2.92. The van der Waals surface area contributed by atoms with Crippen molar-refractivity contribution in [1.82, 2.24) is 19.9 Å². The molecule has 4 aliphatic carbocycles. The van der Waals surface area contributed by atoms with Crippen LogP contribution in [0.4, 0.5) is 8.78 Å². The molecule has 72 heavy (non-hydrogen) atoms. The van der Waals surface area contributed by atoms with E-state index >= 15 is 0 Å². The Morgan fingerprint density at radius 1 is 0.486 bits per heavy atom. The van der Waals surface area contributed by atoms with Gasteiger partial charge in [-0.05, 0) is 130 Å². The van der Waals surface area contributed by atoms with Crippen molar-refractivity contribution in [3.63, 3.8) is 0 Å². The Labute approximate surface area is 425 Å². The topological polar surface area (TPSA) is 194 Å². The number of aryl methyl sites for hydroxylation is 6. The number of halogens is 2. The van der Waals surface area contributed by atoms with Crippen LogP contribution in [0.15, 0.2) is 24.3 Å². The fourth-order valence-corrected chi connectivity index (χ4v) is 9.34. The molecule has 0 N–H and O–H groups in total. The Kier molecular flexibility index (Phi) is 20.1. The molecule has 0 bridgehead atoms. The second-order valence-corrected chi connectivity index (χ2v) is 18.1. The molecule has 0 radical (unpaired) electrons. The van der Waals surface area contributed by atoms with Crippen LogP contribution in [-0.2, 0) is 87.7 Å². The lowest BCUT2D eigenvalue weighted by molar-refractivity contribution is -0.109. The van der Waals surface area contributed by atoms with Gasteiger partial charge in [-0.3, -0.25) is 39.1 Å². The van der Waals surface area contributed by atoms with Crippen LogP contribution in [-0.4, -0.2) is 102 Å². The molecule has 18 heteroatoms. The number of ether oxygens (including phenoxy) is 8. The number of carbonyl (C=O) groups is 4. The first-order valence-corrected chi connectivity index (χ1v) is 23.9. The minimum atomic E-state index is -2.92. The fraction of sp³-hybridized carbons (Fsp3) is 0.556. The molecule has 0 amide bonds. The minimum absolute atomic E-state index is 0.0759. The molecule has 0 aliphatic heterocycles. The third-order valence-electron chi connectivity index (χ3n) is 13.1. The second-order valence-electron chi connectivity index (χ2n) is 18.1. The maximum absolute atomic E-state index is 13.8. The molecule has 0 unspecified atom stereocenters. The zero-order chi connectivity index (χ0) is 55.3. The number of aldehydes is 4. The first-order valence-electron chi connectivity index (χ1n) is 25.4. The number of aromatic nitrogens is 4. The molecule has 0 fully saturated rings. The number of hydrogen-bond donors (Lipinski definition) is 0. The van der Waals surface area contributed by atoms with E-state index in [4.69, 9.17) is 42.0 Å². The van der Waals surface area contributed by atoms with E-state index in [9.17, 15) is 28.0 Å². The number of fused-ring (bicyclic) bond motifs is 4. The van der Waals surface area contributed by atoms with Crippen molar-refractivity contribution in [3.8, 4) is 0 Å². The van der Waals surface area contributed by atoms with Crippen LogP contribution >= 0.6 is 0 Å². The van der Waals surface area contributed by atoms with Crippen LogP contribution in [0.2, 0.25) is 0 Å². The predicted octanol–water partition coefficient (Wildman–Crippen LogP) is 9.54. The van der Waals surface area contributed by atoms with E-state index in [1.807, 2.05) is 6.07 Å². The van der Waals surface area contributed by atoms with Gasteiger partial charge in [-0.1, -0.05) is 13.8 Å². The summed E-state index contributed by atoms with van der Waals surface area (Å²) in [7, 11) is 11.8. The first kappa shape index (κ1) is 53.1. The van der Waals surface area contributed by atoms with Gasteiger partial charge in [0.2, 0.25) is 25.2 Å². The SMILES string of the molecule is COC(OC)c1nc2c(cc1C=O)C(C)(C)CCC2.COC(OC)c1nc2c(cc1C=O)C(F)(F)CCC2.[2H]C(=O)c1cc2c(nc1C(OC)OC)CCCC2.[2H]C1([2H])CCCc2nc(C(OC)OC)c(C=O)cc21. The highest BCUT2D eigenvalue weighted by molar-refractivity contribution is 5.79. The number of hydrogen-bond acceptors (Lipinski definition) is 16. The molecule has 392 valence electrons. The smallest absolute Gasteiger partial charge is 0.275 e. The van der Waals surface area contributed by atoms with Crippen molar-refractivity contribution >= 4 is 25.1 Å². The van der Waals surface area contributed by atoms with Gasteiger partial charge in [-0.15, -0.1) is 0 Å². The van der Waals surface area contributed by atoms with E-state index in [0.717, 1.165) is 74.6 Å². The number of carbonyl (C=O) groups excluding carboxylic acids is 4. The van der Waals surface area contributed by atoms with Gasteiger partial charge in [-0.25, -0.2) is 8.78 Å². The summed E-state index contributed by atoms with van der Waals surface area (Å²) >= 11 is 0. The van der Waals surface area contributed by atoms with E-state index in [-0.39, 0.29) is 34.2 Å². The summed E-state index contributed by atoms with van der Waals surface area (Å²) in [5.41, 5.74) is 8.65. The largest absolute Gasteiger partial charge is 0.350 e. The maximum atomic E-state index is 13.8. The number of methoxy groups -OCH3 is 8. The van der Waals surface area contributed by atoms with Crippen LogP contribution < -0.4 is 0 Å². The summed E-state index contributed by atoms with van der Waals surface area (Å²) in [5, 5.41) is 0. The lowest BCUT2D eigenvalue weighted by Crippen LogP contribution is -2.26. The quantitative estimate of drug-likeness (QED) is 0.0760. The standard InChI is InChI=1S/C15H21NO3.C13H15F2NO3.2C13H17NO3/c1-15(2)7-5-6-12-11(15)8-10(9-17)13(16-12)14(18-3)19-4;1-18-12(19-2)11-8(7-17)6-9-10(16-11)4-3-5-13(9,14)15;2*1-16-13(17-2)12-10(8-15)7-9-5-3-4-6-11(9)14-12/h8-9,14H,5-7H2,1-4H3;6-7,12H,3-5H2,1-2H3;2*7-8,13H,3-6H2,1-2H3/i;;8D;5D2. The predicted molar refractivity (Wildman–Crippen MR) is 262 cm³/mol. The van der Waals surface area contributed by atoms with Crippen LogP contribution in [0.5, 0.6) is 0 Å². The maximum Gasteiger partial charge on any atom is 0.275 e. The molecule has 4 aromatic heterocycles. The van der Waals surface area contributed by atoms with Gasteiger partial charge in [0.25, 0.3) is 5.92 Å². The van der Waals surface area contributed by atoms with Gasteiger partial charge in [0.1, 0.15) is 24.1 Å². The van der Waals surface area contributed by atoms with Crippen molar-refractivity contribution in [2.24, 2.45) is 0 Å². The van der Waals surface area contributed by atoms with E-state index < -0.39 is 43.7 Å². The van der Waals surface area contributed by atoms with Gasteiger partial charge in [0.05, 0.1) is 5.69 Å². The zero-order valence-corrected chi connectivity index (χ0v) is 43.0. The van der Waals surface area contributed by atoms with Crippen molar-refractivity contribution in [3.05, 3.63) is 114 Å². The van der Waals surface area contributed by atoms with Crippen LogP contribution in [0.25, 0.3) is 0 Å². The molecular weight excluding hydrogens is 935 g/mol. The Balaban J connectivity index is 0.000000185. The highest BCUT2D eigenvalue weighted by Gasteiger charge is 2.39. The normalized spacial score (nSPS) is 17.4. The lowest BCUT2D eigenvalue weighted by Gasteiger charge is -2.32. The lowest BCUT2D eigenvalue weighted by atomic mass is 9.74. The van der Waals surface area contributed by atoms with Crippen molar-refractivity contribution in [2.75, 3.05) is 56.9 Å². The Morgan fingerprint density at radius 3 is 1.32 bits per heavy atom. The number of nitrogens with zero attached hydrogens (tertiary/aromatic N) is 4. The van der Waals surface area contributed by atoms with Gasteiger partial charge in [-0.2, -0.15) is 0 Å². The van der Waals surface area contributed by atoms with E-state index in [2.05, 4.69) is 33.8 Å². The molecule has 4 aliphatic rings. The molecule has 8 rings (SSSR count). The zero-order valence-electron chi connectivity index (χ0n) is 46.0. The number of pyridine rings is 4. The van der Waals surface area contributed by atoms with Crippen molar-refractivity contribution in [1.29, 1.82) is 0 Å². The van der Waals surface area contributed by atoms with Crippen LogP contribution in [0, 0.1) is 0 Å². The van der Waals surface area contributed by atoms with Crippen LogP contribution in [0.1, 0.15) is 204 Å². The molecule has 4 aromatic rings. The Hall–Kier alpha value is -5.18. The Morgan fingerprint density at radius 2 is 0.847 bits per heavy atom. The molecule has 4 heterocycles. The molecule has 0 spiro atoms. The van der Waals surface area contributed by atoms with E-state index in [1.54, 1.807) is 26.4 Å². The van der Waals surface area contributed by atoms with Crippen molar-refractivity contribution in [2.45, 2.75) is 140 Å². The van der Waals surface area contributed by atoms with E-state index in [0.29, 0.717) is 83.4 Å². The summed E-state index contributed by atoms with van der Waals surface area (Å²) in [6.45, 7) is 4.40. The molecule has 16 nitrogen and oxygen atoms in total. The van der Waals surface area contributed by atoms with Gasteiger partial charge in [0, 0.05) is 111 Å². The van der Waals surface area contributed by atoms with Gasteiger partial charge >= 0.3 is 0 Å². The molecule has 0 saturated heterocycles. The van der Waals surface area contributed by atoms with Gasteiger partial charge < -0.3 is 37.9 Å². The highest BCUT2D eigenvalue weighted by atomic mass is 19.3. The third-order valence-corrected chi connectivity index (χ3v) is 13.1. The number of rotatable bonds is 16. The van der Waals surface area contributed by atoms with Gasteiger partial charge in [0.15, 0.2) is 25.1 Å². The number of alkyl halides is 2. The third kappa shape index (κ3) is 13.7. The fourth-order valence-electron chi connectivity index (χ4n) is 9.34. The highest BCUT2D eigenvalue weighted by Crippen LogP contribution is 2.41. The first-order chi connectivity index (χ1) is 35.8. The molecule has 0 aromatic carbocycles. The summed E-state index contributed by atoms with van der Waals surface area (Å²) in [6.07, 6.45) is 6.79. The van der Waals surface area contributed by atoms with E-state index in [1.165, 1.54) is 54.3 Å². The average Bonchev–Trinajstić information content (AvgIpc) is 3.39. The second kappa shape index (κ2) is 27.2. The molecule has 0 saturated carbocycles.